The number of nitrogens with zero attached hydrogens (tertiary/aromatic N) is 4. The van der Waals surface area contributed by atoms with Gasteiger partial charge >= 0.3 is 0 Å². The summed E-state index contributed by atoms with van der Waals surface area (Å²) in [5, 5.41) is 11.2. The van der Waals surface area contributed by atoms with Crippen molar-refractivity contribution in [3.63, 3.8) is 0 Å². The summed E-state index contributed by atoms with van der Waals surface area (Å²) in [6.07, 6.45) is 6.46. The molecule has 0 amide bonds. The van der Waals surface area contributed by atoms with Gasteiger partial charge in [0.05, 0.1) is 11.9 Å². The number of aromatic nitrogens is 2. The largest absolute Gasteiger partial charge is 0.355 e. The number of hydrogen-bond acceptors (Lipinski definition) is 5. The number of aryl methyl sites for hydroxylation is 1. The highest BCUT2D eigenvalue weighted by Gasteiger charge is 2.36. The molecule has 0 aliphatic carbocycles. The van der Waals surface area contributed by atoms with E-state index in [0.717, 1.165) is 67.5 Å². The van der Waals surface area contributed by atoms with Crippen LogP contribution in [-0.2, 0) is 10.0 Å². The van der Waals surface area contributed by atoms with E-state index in [0.29, 0.717) is 12.5 Å². The molecule has 0 bridgehead atoms. The van der Waals surface area contributed by atoms with Crippen molar-refractivity contribution < 1.29 is 8.42 Å². The van der Waals surface area contributed by atoms with Crippen LogP contribution in [0.3, 0.4) is 0 Å². The normalized spacial score (nSPS) is 23.0. The van der Waals surface area contributed by atoms with Gasteiger partial charge in [-0.15, -0.1) is 5.10 Å². The summed E-state index contributed by atoms with van der Waals surface area (Å²) in [7, 11) is -3.13. The van der Waals surface area contributed by atoms with Crippen molar-refractivity contribution in [3.8, 4) is 0 Å². The predicted octanol–water partition coefficient (Wildman–Crippen LogP) is 2.97. The van der Waals surface area contributed by atoms with E-state index in [1.54, 1.807) is 4.31 Å². The van der Waals surface area contributed by atoms with E-state index < -0.39 is 10.0 Å². The lowest BCUT2D eigenvalue weighted by Crippen LogP contribution is -2.50. The molecular formula is C20H28N4O2S. The second-order valence-corrected chi connectivity index (χ2v) is 9.85. The molecule has 2 aromatic rings. The van der Waals surface area contributed by atoms with Crippen LogP contribution in [-0.4, -0.2) is 54.9 Å². The van der Waals surface area contributed by atoms with Crippen molar-refractivity contribution in [2.24, 2.45) is 5.92 Å². The minimum atomic E-state index is -3.13. The first-order valence-corrected chi connectivity index (χ1v) is 11.7. The highest BCUT2D eigenvalue weighted by molar-refractivity contribution is 7.88. The van der Waals surface area contributed by atoms with Gasteiger partial charge in [-0.3, -0.25) is 0 Å². The SMILES string of the molecule is Cc1nnc(N2CCC([C@@H]3CCCCN3S(C)(=O)=O)CC2)c2ccccc12. The van der Waals surface area contributed by atoms with E-state index in [1.165, 1.54) is 6.26 Å². The molecule has 4 rings (SSSR count). The topological polar surface area (TPSA) is 66.4 Å². The third-order valence-corrected chi connectivity index (χ3v) is 7.47. The lowest BCUT2D eigenvalue weighted by molar-refractivity contribution is 0.164. The molecule has 0 radical (unpaired) electrons. The van der Waals surface area contributed by atoms with Gasteiger partial charge in [0.1, 0.15) is 0 Å². The van der Waals surface area contributed by atoms with Crippen molar-refractivity contribution in [1.82, 2.24) is 14.5 Å². The molecule has 0 saturated carbocycles. The Kier molecular flexibility index (Phi) is 5.07. The van der Waals surface area contributed by atoms with Crippen LogP contribution in [0.4, 0.5) is 5.82 Å². The van der Waals surface area contributed by atoms with Crippen molar-refractivity contribution in [2.75, 3.05) is 30.8 Å². The van der Waals surface area contributed by atoms with E-state index in [2.05, 4.69) is 27.2 Å². The molecule has 2 aliphatic rings. The first-order chi connectivity index (χ1) is 12.9. The summed E-state index contributed by atoms with van der Waals surface area (Å²) in [5.41, 5.74) is 0.954. The zero-order valence-corrected chi connectivity index (χ0v) is 17.0. The molecule has 0 spiro atoms. The molecule has 2 aliphatic heterocycles. The van der Waals surface area contributed by atoms with Gasteiger partial charge in [-0.25, -0.2) is 8.42 Å². The summed E-state index contributed by atoms with van der Waals surface area (Å²) in [6, 6.07) is 8.46. The van der Waals surface area contributed by atoms with E-state index in [9.17, 15) is 8.42 Å². The fraction of sp³-hybridized carbons (Fsp3) is 0.600. The molecule has 1 atom stereocenters. The maximum atomic E-state index is 12.2. The van der Waals surface area contributed by atoms with E-state index in [1.807, 2.05) is 19.1 Å². The Morgan fingerprint density at radius 2 is 1.67 bits per heavy atom. The fourth-order valence-electron chi connectivity index (χ4n) is 4.77. The second kappa shape index (κ2) is 7.36. The van der Waals surface area contributed by atoms with E-state index >= 15 is 0 Å². The van der Waals surface area contributed by atoms with E-state index in [-0.39, 0.29) is 6.04 Å². The number of piperidine rings is 2. The lowest BCUT2D eigenvalue weighted by atomic mass is 9.85. The highest BCUT2D eigenvalue weighted by atomic mass is 32.2. The van der Waals surface area contributed by atoms with Crippen LogP contribution < -0.4 is 4.90 Å². The fourth-order valence-corrected chi connectivity index (χ4v) is 6.00. The average Bonchev–Trinajstić information content (AvgIpc) is 2.68. The summed E-state index contributed by atoms with van der Waals surface area (Å²) < 4.78 is 26.2. The Balaban J connectivity index is 1.52. The maximum Gasteiger partial charge on any atom is 0.211 e. The van der Waals surface area contributed by atoms with Crippen LogP contribution in [0.5, 0.6) is 0 Å². The van der Waals surface area contributed by atoms with Crippen LogP contribution in [0.2, 0.25) is 0 Å². The Morgan fingerprint density at radius 3 is 2.37 bits per heavy atom. The molecule has 2 fully saturated rings. The summed E-state index contributed by atoms with van der Waals surface area (Å²) >= 11 is 0. The molecule has 0 N–H and O–H groups in total. The number of hydrogen-bond donors (Lipinski definition) is 0. The zero-order chi connectivity index (χ0) is 19.0. The quantitative estimate of drug-likeness (QED) is 0.809. The van der Waals surface area contributed by atoms with Gasteiger partial charge in [0.2, 0.25) is 10.0 Å². The van der Waals surface area contributed by atoms with Gasteiger partial charge in [0.15, 0.2) is 5.82 Å². The van der Waals surface area contributed by atoms with Gasteiger partial charge in [0, 0.05) is 36.4 Å². The Labute approximate surface area is 161 Å². The van der Waals surface area contributed by atoms with Gasteiger partial charge in [-0.1, -0.05) is 30.7 Å². The number of anilines is 1. The highest BCUT2D eigenvalue weighted by Crippen LogP contribution is 2.34. The molecule has 27 heavy (non-hydrogen) atoms. The number of rotatable bonds is 3. The van der Waals surface area contributed by atoms with Gasteiger partial charge in [-0.05, 0) is 38.5 Å². The van der Waals surface area contributed by atoms with Gasteiger partial charge < -0.3 is 4.90 Å². The molecule has 146 valence electrons. The standard InChI is InChI=1S/C20H28N4O2S/c1-15-17-7-3-4-8-18(17)20(22-21-15)23-13-10-16(11-14-23)19-9-5-6-12-24(19)27(2,25)26/h3-4,7-8,16,19H,5-6,9-14H2,1-2H3/t19-/m0/s1. The molecule has 0 unspecified atom stereocenters. The van der Waals surface area contributed by atoms with Crippen molar-refractivity contribution >= 4 is 26.6 Å². The Bertz CT molecular complexity index is 923. The number of benzene rings is 1. The summed E-state index contributed by atoms with van der Waals surface area (Å²) in [5.74, 6) is 1.39. The van der Waals surface area contributed by atoms with Gasteiger partial charge in [0.25, 0.3) is 0 Å². The molecular weight excluding hydrogens is 360 g/mol. The van der Waals surface area contributed by atoms with Crippen molar-refractivity contribution in [3.05, 3.63) is 30.0 Å². The minimum Gasteiger partial charge on any atom is -0.355 e. The zero-order valence-electron chi connectivity index (χ0n) is 16.1. The maximum absolute atomic E-state index is 12.2. The molecule has 2 saturated heterocycles. The molecule has 7 heteroatoms. The summed E-state index contributed by atoms with van der Waals surface area (Å²) in [6.45, 7) is 4.48. The minimum absolute atomic E-state index is 0.164. The first kappa shape index (κ1) is 18.6. The average molecular weight is 389 g/mol. The van der Waals surface area contributed by atoms with E-state index in [4.69, 9.17) is 0 Å². The third-order valence-electron chi connectivity index (χ3n) is 6.16. The van der Waals surface area contributed by atoms with Crippen molar-refractivity contribution in [1.29, 1.82) is 0 Å². The monoisotopic (exact) mass is 388 g/mol. The third kappa shape index (κ3) is 3.67. The lowest BCUT2D eigenvalue weighted by Gasteiger charge is -2.42. The number of fused-ring (bicyclic) bond motifs is 1. The van der Waals surface area contributed by atoms with Gasteiger partial charge in [-0.2, -0.15) is 9.40 Å². The second-order valence-electron chi connectivity index (χ2n) is 7.92. The number of sulfonamides is 1. The smallest absolute Gasteiger partial charge is 0.211 e. The predicted molar refractivity (Wildman–Crippen MR) is 108 cm³/mol. The van der Waals surface area contributed by atoms with Crippen molar-refractivity contribution in [2.45, 2.75) is 45.1 Å². The first-order valence-electron chi connectivity index (χ1n) is 9.89. The molecule has 3 heterocycles. The van der Waals surface area contributed by atoms with Crippen LogP contribution in [0.15, 0.2) is 24.3 Å². The molecule has 1 aromatic heterocycles. The van der Waals surface area contributed by atoms with Crippen LogP contribution in [0.1, 0.15) is 37.8 Å². The van der Waals surface area contributed by atoms with Crippen LogP contribution in [0.25, 0.3) is 10.8 Å². The Morgan fingerprint density at radius 1 is 0.963 bits per heavy atom. The summed E-state index contributed by atoms with van der Waals surface area (Å²) in [4.78, 5) is 2.32. The molecule has 1 aromatic carbocycles. The van der Waals surface area contributed by atoms with Crippen LogP contribution >= 0.6 is 0 Å². The van der Waals surface area contributed by atoms with Crippen LogP contribution in [0, 0.1) is 12.8 Å². The Hall–Kier alpha value is -1.73. The molecule has 6 nitrogen and oxygen atoms in total.